The lowest BCUT2D eigenvalue weighted by atomic mass is 10.4. The Bertz CT molecular complexity index is 288. The van der Waals surface area contributed by atoms with Crippen molar-refractivity contribution in [2.75, 3.05) is 11.9 Å². The average molecular weight is 187 g/mol. The zero-order valence-corrected chi connectivity index (χ0v) is 7.11. The molecule has 0 unspecified atom stereocenters. The fourth-order valence-electron chi connectivity index (χ4n) is 0.710. The molecule has 1 aromatic heterocycles. The molecule has 0 fully saturated rings. The van der Waals surface area contributed by atoms with Gasteiger partial charge in [0.2, 0.25) is 5.95 Å². The van der Waals surface area contributed by atoms with Gasteiger partial charge in [0.25, 0.3) is 0 Å². The Labute approximate surface area is 75.1 Å². The third-order valence-electron chi connectivity index (χ3n) is 1.21. The molecule has 1 heterocycles. The molecule has 1 N–H and O–H groups in total. The van der Waals surface area contributed by atoms with Crippen LogP contribution in [0.4, 0.5) is 10.1 Å². The van der Waals surface area contributed by atoms with E-state index in [0.29, 0.717) is 17.3 Å². The van der Waals surface area contributed by atoms with Gasteiger partial charge in [-0.3, -0.25) is 0 Å². The van der Waals surface area contributed by atoms with E-state index in [1.54, 1.807) is 6.07 Å². The molecule has 0 spiro atoms. The molecule has 0 saturated heterocycles. The Balaban J connectivity index is 2.57. The summed E-state index contributed by atoms with van der Waals surface area (Å²) < 4.78 is 12.5. The van der Waals surface area contributed by atoms with Crippen molar-refractivity contribution in [1.82, 2.24) is 4.98 Å². The minimum absolute atomic E-state index is 0.422. The first-order valence-corrected chi connectivity index (χ1v) is 3.75. The zero-order valence-electron chi connectivity index (χ0n) is 6.35. The second-order valence-corrected chi connectivity index (χ2v) is 2.77. The van der Waals surface area contributed by atoms with Crippen molar-refractivity contribution in [3.63, 3.8) is 0 Å². The van der Waals surface area contributed by atoms with Gasteiger partial charge in [0, 0.05) is 23.0 Å². The molecule has 4 heteroatoms. The minimum atomic E-state index is -0.514. The lowest BCUT2D eigenvalue weighted by Gasteiger charge is -2.03. The van der Waals surface area contributed by atoms with Gasteiger partial charge in [-0.25, -0.2) is 4.98 Å². The molecule has 0 amide bonds. The summed E-state index contributed by atoms with van der Waals surface area (Å²) in [5, 5.41) is 3.35. The Morgan fingerprint density at radius 1 is 1.75 bits per heavy atom. The van der Waals surface area contributed by atoms with Crippen LogP contribution in [0.5, 0.6) is 0 Å². The molecule has 0 aliphatic rings. The van der Waals surface area contributed by atoms with Gasteiger partial charge in [-0.2, -0.15) is 4.39 Å². The summed E-state index contributed by atoms with van der Waals surface area (Å²) in [5.41, 5.74) is 0.643. The Kier molecular flexibility index (Phi) is 3.05. The molecular formula is C8H8ClFN2. The summed E-state index contributed by atoms with van der Waals surface area (Å²) in [4.78, 5) is 3.40. The molecule has 2 nitrogen and oxygen atoms in total. The Morgan fingerprint density at radius 2 is 2.50 bits per heavy atom. The van der Waals surface area contributed by atoms with Crippen molar-refractivity contribution in [1.29, 1.82) is 0 Å². The molecule has 0 saturated carbocycles. The van der Waals surface area contributed by atoms with E-state index in [2.05, 4.69) is 16.9 Å². The summed E-state index contributed by atoms with van der Waals surface area (Å²) in [6.07, 6.45) is 1.38. The molecule has 0 atom stereocenters. The van der Waals surface area contributed by atoms with Crippen molar-refractivity contribution in [2.45, 2.75) is 0 Å². The van der Waals surface area contributed by atoms with Gasteiger partial charge < -0.3 is 5.32 Å². The number of hydrogen-bond donors (Lipinski definition) is 1. The van der Waals surface area contributed by atoms with Gasteiger partial charge in [0.15, 0.2) is 0 Å². The standard InChI is InChI=1S/C8H8ClFN2/c1-6(9)5-12-7-2-3-11-8(10)4-7/h2-4H,1,5H2,(H,11,12). The van der Waals surface area contributed by atoms with Crippen molar-refractivity contribution < 1.29 is 4.39 Å². The monoisotopic (exact) mass is 186 g/mol. The maximum absolute atomic E-state index is 12.5. The van der Waals surface area contributed by atoms with Gasteiger partial charge in [-0.1, -0.05) is 18.2 Å². The molecule has 1 rings (SSSR count). The highest BCUT2D eigenvalue weighted by atomic mass is 35.5. The maximum Gasteiger partial charge on any atom is 0.214 e. The molecule has 0 aromatic carbocycles. The van der Waals surface area contributed by atoms with Crippen LogP contribution in [0.3, 0.4) is 0 Å². The number of hydrogen-bond acceptors (Lipinski definition) is 2. The lowest BCUT2D eigenvalue weighted by Crippen LogP contribution is -2.01. The molecule has 64 valence electrons. The quantitative estimate of drug-likeness (QED) is 0.734. The van der Waals surface area contributed by atoms with E-state index in [9.17, 15) is 4.39 Å². The van der Waals surface area contributed by atoms with Gasteiger partial charge in [-0.15, -0.1) is 0 Å². The highest BCUT2D eigenvalue weighted by Gasteiger charge is 1.94. The predicted octanol–water partition coefficient (Wildman–Crippen LogP) is 2.39. The van der Waals surface area contributed by atoms with Crippen LogP contribution in [0.25, 0.3) is 0 Å². The van der Waals surface area contributed by atoms with Crippen molar-refractivity contribution in [3.05, 3.63) is 35.9 Å². The number of rotatable bonds is 3. The number of anilines is 1. The van der Waals surface area contributed by atoms with Crippen LogP contribution < -0.4 is 5.32 Å². The number of pyridine rings is 1. The second kappa shape index (κ2) is 4.07. The molecule has 1 aromatic rings. The van der Waals surface area contributed by atoms with Crippen molar-refractivity contribution in [3.8, 4) is 0 Å². The summed E-state index contributed by atoms with van der Waals surface area (Å²) in [7, 11) is 0. The van der Waals surface area contributed by atoms with Crippen LogP contribution >= 0.6 is 11.6 Å². The highest BCUT2D eigenvalue weighted by molar-refractivity contribution is 6.29. The van der Waals surface area contributed by atoms with Gasteiger partial charge in [-0.05, 0) is 6.07 Å². The van der Waals surface area contributed by atoms with E-state index in [4.69, 9.17) is 11.6 Å². The van der Waals surface area contributed by atoms with E-state index in [0.717, 1.165) is 0 Å². The number of nitrogens with zero attached hydrogens (tertiary/aromatic N) is 1. The largest absolute Gasteiger partial charge is 0.380 e. The Morgan fingerprint density at radius 3 is 3.08 bits per heavy atom. The third kappa shape index (κ3) is 2.88. The first-order valence-electron chi connectivity index (χ1n) is 3.37. The van der Waals surface area contributed by atoms with Crippen molar-refractivity contribution >= 4 is 17.3 Å². The summed E-state index contributed by atoms with van der Waals surface area (Å²) in [6, 6.07) is 2.95. The van der Waals surface area contributed by atoms with Crippen LogP contribution in [0.1, 0.15) is 0 Å². The summed E-state index contributed by atoms with van der Waals surface area (Å²) >= 11 is 5.50. The summed E-state index contributed by atoms with van der Waals surface area (Å²) in [6.45, 7) is 3.91. The van der Waals surface area contributed by atoms with Crippen molar-refractivity contribution in [2.24, 2.45) is 0 Å². The van der Waals surface area contributed by atoms with E-state index in [-0.39, 0.29) is 0 Å². The van der Waals surface area contributed by atoms with Crippen LogP contribution in [-0.2, 0) is 0 Å². The normalized spacial score (nSPS) is 9.50. The number of aromatic nitrogens is 1. The molecular weight excluding hydrogens is 179 g/mol. The predicted molar refractivity (Wildman–Crippen MR) is 47.7 cm³/mol. The van der Waals surface area contributed by atoms with Crippen LogP contribution in [0.15, 0.2) is 29.9 Å². The smallest absolute Gasteiger partial charge is 0.214 e. The fourth-order valence-corrected chi connectivity index (χ4v) is 0.777. The maximum atomic E-state index is 12.5. The third-order valence-corrected chi connectivity index (χ3v) is 1.34. The molecule has 0 bridgehead atoms. The Hall–Kier alpha value is -1.09. The van der Waals surface area contributed by atoms with E-state index in [1.165, 1.54) is 12.3 Å². The first-order chi connectivity index (χ1) is 5.68. The van der Waals surface area contributed by atoms with Gasteiger partial charge in [0.05, 0.1) is 6.54 Å². The average Bonchev–Trinajstić information content (AvgIpc) is 2.01. The second-order valence-electron chi connectivity index (χ2n) is 2.24. The lowest BCUT2D eigenvalue weighted by molar-refractivity contribution is 0.584. The van der Waals surface area contributed by atoms with E-state index >= 15 is 0 Å². The van der Waals surface area contributed by atoms with Gasteiger partial charge in [0.1, 0.15) is 0 Å². The SMILES string of the molecule is C=C(Cl)CNc1ccnc(F)c1. The van der Waals surface area contributed by atoms with E-state index in [1.807, 2.05) is 0 Å². The number of halogens is 2. The zero-order chi connectivity index (χ0) is 8.97. The van der Waals surface area contributed by atoms with Crippen LogP contribution in [-0.4, -0.2) is 11.5 Å². The fraction of sp³-hybridized carbons (Fsp3) is 0.125. The molecule has 0 radical (unpaired) electrons. The molecule has 12 heavy (non-hydrogen) atoms. The van der Waals surface area contributed by atoms with E-state index < -0.39 is 5.95 Å². The van der Waals surface area contributed by atoms with Gasteiger partial charge >= 0.3 is 0 Å². The number of nitrogens with one attached hydrogen (secondary N) is 1. The molecule has 0 aliphatic heterocycles. The first kappa shape index (κ1) is 9.00. The highest BCUT2D eigenvalue weighted by Crippen LogP contribution is 2.07. The summed E-state index contributed by atoms with van der Waals surface area (Å²) in [5.74, 6) is -0.514. The van der Waals surface area contributed by atoms with Crippen LogP contribution in [0.2, 0.25) is 0 Å². The van der Waals surface area contributed by atoms with Crippen LogP contribution in [0, 0.1) is 5.95 Å². The molecule has 0 aliphatic carbocycles. The topological polar surface area (TPSA) is 24.9 Å². The minimum Gasteiger partial charge on any atom is -0.380 e.